The van der Waals surface area contributed by atoms with Crippen LogP contribution in [-0.2, 0) is 6.54 Å². The van der Waals surface area contributed by atoms with Crippen molar-refractivity contribution < 1.29 is 5.21 Å². The van der Waals surface area contributed by atoms with Crippen LogP contribution in [0.4, 0.5) is 0 Å². The van der Waals surface area contributed by atoms with Crippen LogP contribution in [0.2, 0.25) is 5.02 Å². The number of oxime groups is 1. The molecule has 0 bridgehead atoms. The lowest BCUT2D eigenvalue weighted by molar-refractivity contribution is 0.318. The number of aromatic nitrogens is 1. The Hall–Kier alpha value is -2.11. The third-order valence-corrected chi connectivity index (χ3v) is 3.46. The number of hydrogen-bond acceptors (Lipinski definition) is 4. The topological polar surface area (TPSA) is 83.5 Å². The molecule has 0 aliphatic rings. The van der Waals surface area contributed by atoms with E-state index < -0.39 is 0 Å². The first-order valence-corrected chi connectivity index (χ1v) is 6.90. The molecule has 0 fully saturated rings. The van der Waals surface area contributed by atoms with Crippen molar-refractivity contribution in [2.75, 3.05) is 0 Å². The fourth-order valence-corrected chi connectivity index (χ4v) is 2.12. The average molecular weight is 305 g/mol. The third kappa shape index (κ3) is 3.93. The molecule has 6 heteroatoms. The molecule has 0 saturated carbocycles. The van der Waals surface area contributed by atoms with E-state index in [1.165, 1.54) is 0 Å². The van der Waals surface area contributed by atoms with Crippen molar-refractivity contribution in [3.8, 4) is 0 Å². The molecule has 2 rings (SSSR count). The van der Waals surface area contributed by atoms with Crippen LogP contribution in [0.5, 0.6) is 0 Å². The lowest BCUT2D eigenvalue weighted by atomic mass is 10.1. The second-order valence-corrected chi connectivity index (χ2v) is 5.09. The van der Waals surface area contributed by atoms with Crippen molar-refractivity contribution in [2.45, 2.75) is 19.5 Å². The maximum atomic E-state index is 8.78. The van der Waals surface area contributed by atoms with E-state index in [2.05, 4.69) is 22.4 Å². The zero-order valence-electron chi connectivity index (χ0n) is 11.6. The zero-order chi connectivity index (χ0) is 15.2. The summed E-state index contributed by atoms with van der Waals surface area (Å²) in [5.74, 6) is 0.00606. The third-order valence-electron chi connectivity index (χ3n) is 3.21. The van der Waals surface area contributed by atoms with Gasteiger partial charge in [-0.3, -0.25) is 4.98 Å². The molecule has 1 unspecified atom stereocenters. The number of benzene rings is 1. The molecule has 0 spiro atoms. The van der Waals surface area contributed by atoms with Crippen LogP contribution >= 0.6 is 11.6 Å². The van der Waals surface area contributed by atoms with E-state index in [0.29, 0.717) is 17.3 Å². The Kier molecular flexibility index (Phi) is 5.14. The molecular formula is C15H17ClN4O. The molecule has 0 amide bonds. The van der Waals surface area contributed by atoms with Crippen LogP contribution < -0.4 is 11.1 Å². The van der Waals surface area contributed by atoms with Gasteiger partial charge in [-0.05, 0) is 36.2 Å². The SMILES string of the molecule is CC(NCc1cccnc1C(N)=NO)c1ccc(Cl)cc1. The first-order chi connectivity index (χ1) is 10.1. The highest BCUT2D eigenvalue weighted by molar-refractivity contribution is 6.30. The molecule has 1 aromatic heterocycles. The van der Waals surface area contributed by atoms with Crippen LogP contribution in [-0.4, -0.2) is 16.0 Å². The Morgan fingerprint density at radius 1 is 1.38 bits per heavy atom. The summed E-state index contributed by atoms with van der Waals surface area (Å²) >= 11 is 5.88. The van der Waals surface area contributed by atoms with Crippen molar-refractivity contribution in [3.05, 3.63) is 64.4 Å². The van der Waals surface area contributed by atoms with Gasteiger partial charge in [0.25, 0.3) is 0 Å². The average Bonchev–Trinajstić information content (AvgIpc) is 2.52. The molecule has 5 nitrogen and oxygen atoms in total. The quantitative estimate of drug-likeness (QED) is 0.343. The number of nitrogens with zero attached hydrogens (tertiary/aromatic N) is 2. The van der Waals surface area contributed by atoms with Crippen LogP contribution in [0.1, 0.15) is 29.8 Å². The Bertz CT molecular complexity index is 628. The number of amidine groups is 1. The minimum absolute atomic E-state index is 0.00606. The van der Waals surface area contributed by atoms with Gasteiger partial charge in [-0.1, -0.05) is 35.0 Å². The summed E-state index contributed by atoms with van der Waals surface area (Å²) in [5.41, 5.74) is 8.11. The fourth-order valence-electron chi connectivity index (χ4n) is 1.99. The van der Waals surface area contributed by atoms with Crippen LogP contribution in [0.3, 0.4) is 0 Å². The van der Waals surface area contributed by atoms with E-state index in [1.807, 2.05) is 36.4 Å². The predicted molar refractivity (Wildman–Crippen MR) is 83.5 cm³/mol. The normalized spacial score (nSPS) is 13.1. The standard InChI is InChI=1S/C15H17ClN4O/c1-10(11-4-6-13(16)7-5-11)19-9-12-3-2-8-18-14(12)15(17)20-21/h2-8,10,19,21H,9H2,1H3,(H2,17,20). The molecule has 1 aromatic carbocycles. The van der Waals surface area contributed by atoms with Gasteiger partial charge >= 0.3 is 0 Å². The van der Waals surface area contributed by atoms with E-state index in [9.17, 15) is 0 Å². The molecule has 0 aliphatic heterocycles. The highest BCUT2D eigenvalue weighted by atomic mass is 35.5. The maximum Gasteiger partial charge on any atom is 0.189 e. The Balaban J connectivity index is 2.08. The lowest BCUT2D eigenvalue weighted by Gasteiger charge is -2.15. The molecule has 0 aliphatic carbocycles. The van der Waals surface area contributed by atoms with Gasteiger partial charge in [0.2, 0.25) is 0 Å². The van der Waals surface area contributed by atoms with Crippen molar-refractivity contribution in [2.24, 2.45) is 10.9 Å². The van der Waals surface area contributed by atoms with Gasteiger partial charge in [0.15, 0.2) is 5.84 Å². The summed E-state index contributed by atoms with van der Waals surface area (Å²) in [5, 5.41) is 15.9. The van der Waals surface area contributed by atoms with Crippen LogP contribution in [0.25, 0.3) is 0 Å². The minimum Gasteiger partial charge on any atom is -0.409 e. The monoisotopic (exact) mass is 304 g/mol. The predicted octanol–water partition coefficient (Wildman–Crippen LogP) is 2.68. The Morgan fingerprint density at radius 3 is 2.76 bits per heavy atom. The smallest absolute Gasteiger partial charge is 0.189 e. The van der Waals surface area contributed by atoms with Crippen molar-refractivity contribution in [3.63, 3.8) is 0 Å². The molecule has 2 aromatic rings. The summed E-state index contributed by atoms with van der Waals surface area (Å²) in [6.45, 7) is 2.62. The minimum atomic E-state index is 0.00606. The first-order valence-electron chi connectivity index (χ1n) is 6.52. The molecule has 0 saturated heterocycles. The van der Waals surface area contributed by atoms with E-state index in [4.69, 9.17) is 22.5 Å². The Morgan fingerprint density at radius 2 is 2.10 bits per heavy atom. The number of nitrogens with one attached hydrogen (secondary N) is 1. The van der Waals surface area contributed by atoms with Crippen LogP contribution in [0, 0.1) is 0 Å². The van der Waals surface area contributed by atoms with Crippen LogP contribution in [0.15, 0.2) is 47.8 Å². The highest BCUT2D eigenvalue weighted by Crippen LogP contribution is 2.17. The number of pyridine rings is 1. The van der Waals surface area contributed by atoms with Gasteiger partial charge in [-0.2, -0.15) is 0 Å². The van der Waals surface area contributed by atoms with Gasteiger partial charge in [-0.15, -0.1) is 0 Å². The molecule has 0 radical (unpaired) electrons. The molecule has 21 heavy (non-hydrogen) atoms. The fraction of sp³-hybridized carbons (Fsp3) is 0.200. The summed E-state index contributed by atoms with van der Waals surface area (Å²) in [6.07, 6.45) is 1.61. The number of hydrogen-bond donors (Lipinski definition) is 3. The van der Waals surface area contributed by atoms with Crippen molar-refractivity contribution in [1.82, 2.24) is 10.3 Å². The van der Waals surface area contributed by atoms with Gasteiger partial charge in [0.05, 0.1) is 0 Å². The summed E-state index contributed by atoms with van der Waals surface area (Å²) in [7, 11) is 0. The van der Waals surface area contributed by atoms with E-state index in [-0.39, 0.29) is 11.9 Å². The molecule has 110 valence electrons. The summed E-state index contributed by atoms with van der Waals surface area (Å²) in [6, 6.07) is 11.5. The largest absolute Gasteiger partial charge is 0.409 e. The number of rotatable bonds is 5. The van der Waals surface area contributed by atoms with Gasteiger partial charge in [-0.25, -0.2) is 0 Å². The van der Waals surface area contributed by atoms with E-state index in [1.54, 1.807) is 6.20 Å². The Labute approximate surface area is 128 Å². The molecular weight excluding hydrogens is 288 g/mol. The second kappa shape index (κ2) is 7.06. The van der Waals surface area contributed by atoms with E-state index >= 15 is 0 Å². The second-order valence-electron chi connectivity index (χ2n) is 4.65. The van der Waals surface area contributed by atoms with Gasteiger partial charge in [0, 0.05) is 23.8 Å². The zero-order valence-corrected chi connectivity index (χ0v) is 12.4. The van der Waals surface area contributed by atoms with Gasteiger partial charge in [0.1, 0.15) is 5.69 Å². The van der Waals surface area contributed by atoms with E-state index in [0.717, 1.165) is 11.1 Å². The summed E-state index contributed by atoms with van der Waals surface area (Å²) in [4.78, 5) is 4.14. The van der Waals surface area contributed by atoms with Crippen molar-refractivity contribution >= 4 is 17.4 Å². The highest BCUT2D eigenvalue weighted by Gasteiger charge is 2.10. The number of nitrogens with two attached hydrogens (primary N) is 1. The lowest BCUT2D eigenvalue weighted by Crippen LogP contribution is -2.23. The summed E-state index contributed by atoms with van der Waals surface area (Å²) < 4.78 is 0. The maximum absolute atomic E-state index is 8.78. The number of halogens is 1. The molecule has 4 N–H and O–H groups in total. The first kappa shape index (κ1) is 15.3. The molecule has 1 atom stereocenters. The molecule has 1 heterocycles. The van der Waals surface area contributed by atoms with Crippen molar-refractivity contribution in [1.29, 1.82) is 0 Å². The van der Waals surface area contributed by atoms with Gasteiger partial charge < -0.3 is 16.3 Å².